The third-order valence-electron chi connectivity index (χ3n) is 6.50. The first kappa shape index (κ1) is 22.3. The first-order valence-corrected chi connectivity index (χ1v) is 13.1. The Labute approximate surface area is 210 Å². The maximum absolute atomic E-state index is 9.97. The minimum absolute atomic E-state index is 0.122. The third-order valence-corrected chi connectivity index (χ3v) is 8.28. The number of nitrogens with zero attached hydrogens (tertiary/aromatic N) is 6. The van der Waals surface area contributed by atoms with Gasteiger partial charge in [0, 0.05) is 66.4 Å². The number of thiophene rings is 1. The molecule has 10 heteroatoms. The molecule has 1 aromatic carbocycles. The average molecular weight is 505 g/mol. The van der Waals surface area contributed by atoms with Gasteiger partial charge in [-0.2, -0.15) is 4.37 Å². The molecule has 178 valence electrons. The molecule has 5 heterocycles. The van der Waals surface area contributed by atoms with E-state index in [9.17, 15) is 10.2 Å². The molecule has 0 radical (unpaired) electrons. The van der Waals surface area contributed by atoms with Gasteiger partial charge in [-0.05, 0) is 23.5 Å². The van der Waals surface area contributed by atoms with E-state index in [1.54, 1.807) is 17.5 Å². The number of benzene rings is 1. The summed E-state index contributed by atoms with van der Waals surface area (Å²) in [7, 11) is 1.94. The van der Waals surface area contributed by atoms with Crippen molar-refractivity contribution in [1.29, 1.82) is 0 Å². The predicted molar refractivity (Wildman–Crippen MR) is 139 cm³/mol. The highest BCUT2D eigenvalue weighted by Gasteiger charge is 2.30. The van der Waals surface area contributed by atoms with E-state index in [1.807, 2.05) is 41.4 Å². The minimum Gasteiger partial charge on any atom is -0.396 e. The number of aromatic nitrogens is 5. The zero-order chi connectivity index (χ0) is 23.9. The molecule has 1 saturated heterocycles. The molecule has 1 aliphatic rings. The van der Waals surface area contributed by atoms with Crippen LogP contribution in [-0.2, 0) is 13.7 Å². The fraction of sp³-hybridized carbons (Fsp3) is 0.280. The monoisotopic (exact) mass is 504 g/mol. The van der Waals surface area contributed by atoms with Gasteiger partial charge >= 0.3 is 0 Å². The first-order valence-electron chi connectivity index (χ1n) is 11.5. The largest absolute Gasteiger partial charge is 0.396 e. The number of hydrogen-bond acceptors (Lipinski definition) is 9. The second kappa shape index (κ2) is 9.12. The number of aryl methyl sites for hydroxylation is 1. The number of imidazole rings is 1. The van der Waals surface area contributed by atoms with Crippen molar-refractivity contribution in [3.05, 3.63) is 53.8 Å². The third kappa shape index (κ3) is 3.82. The topological polar surface area (TPSA) is 100 Å². The first-order chi connectivity index (χ1) is 17.2. The van der Waals surface area contributed by atoms with E-state index in [1.165, 1.54) is 11.5 Å². The Hall–Kier alpha value is -3.18. The Balaban J connectivity index is 1.68. The van der Waals surface area contributed by atoms with Gasteiger partial charge in [0.05, 0.1) is 17.7 Å². The second-order valence-corrected chi connectivity index (χ2v) is 10.3. The molecule has 6 rings (SSSR count). The highest BCUT2D eigenvalue weighted by Crippen LogP contribution is 2.49. The predicted octanol–water partition coefficient (Wildman–Crippen LogP) is 4.19. The second-order valence-electron chi connectivity index (χ2n) is 8.70. The summed E-state index contributed by atoms with van der Waals surface area (Å²) in [4.78, 5) is 18.7. The van der Waals surface area contributed by atoms with Crippen LogP contribution in [-0.4, -0.2) is 53.8 Å². The van der Waals surface area contributed by atoms with Crippen LogP contribution in [0, 0.1) is 5.92 Å². The van der Waals surface area contributed by atoms with E-state index >= 15 is 0 Å². The lowest BCUT2D eigenvalue weighted by Crippen LogP contribution is -2.22. The van der Waals surface area contributed by atoms with Gasteiger partial charge in [0.1, 0.15) is 10.6 Å². The lowest BCUT2D eigenvalue weighted by atomic mass is 10.00. The summed E-state index contributed by atoms with van der Waals surface area (Å²) in [6.07, 6.45) is 4.56. The summed E-state index contributed by atoms with van der Waals surface area (Å²) in [5, 5.41) is 22.8. The molecule has 1 atom stereocenters. The van der Waals surface area contributed by atoms with Gasteiger partial charge in [-0.1, -0.05) is 30.3 Å². The van der Waals surface area contributed by atoms with Gasteiger partial charge in [0.15, 0.2) is 11.6 Å². The number of rotatable bonds is 6. The lowest BCUT2D eigenvalue weighted by Gasteiger charge is -2.20. The maximum Gasteiger partial charge on any atom is 0.199 e. The van der Waals surface area contributed by atoms with Crippen molar-refractivity contribution < 1.29 is 10.2 Å². The van der Waals surface area contributed by atoms with Gasteiger partial charge in [-0.25, -0.2) is 15.0 Å². The Morgan fingerprint density at radius 3 is 2.71 bits per heavy atom. The number of anilines is 1. The van der Waals surface area contributed by atoms with Gasteiger partial charge in [0.2, 0.25) is 0 Å². The zero-order valence-electron chi connectivity index (χ0n) is 19.1. The minimum atomic E-state index is -0.122. The molecule has 8 nitrogen and oxygen atoms in total. The summed E-state index contributed by atoms with van der Waals surface area (Å²) in [5.74, 6) is 2.36. The van der Waals surface area contributed by atoms with Crippen LogP contribution < -0.4 is 4.90 Å². The molecular weight excluding hydrogens is 480 g/mol. The molecule has 2 N–H and O–H groups in total. The van der Waals surface area contributed by atoms with E-state index in [0.717, 1.165) is 57.1 Å². The molecule has 0 aliphatic carbocycles. The molecule has 35 heavy (non-hydrogen) atoms. The average Bonchev–Trinajstić information content (AvgIpc) is 3.69. The van der Waals surface area contributed by atoms with Crippen LogP contribution in [0.5, 0.6) is 0 Å². The molecule has 5 aromatic rings. The SMILES string of the molecule is Cn1ccnc1-c1nc(N2CCC(CO)C2)c2c(-c3ccccc3)c(-c3csnc3CO)sc2n1. The normalized spacial score (nSPS) is 16.0. The van der Waals surface area contributed by atoms with Gasteiger partial charge in [-0.3, -0.25) is 0 Å². The molecule has 4 aromatic heterocycles. The van der Waals surface area contributed by atoms with Crippen LogP contribution >= 0.6 is 22.9 Å². The van der Waals surface area contributed by atoms with Crippen molar-refractivity contribution in [1.82, 2.24) is 23.9 Å². The van der Waals surface area contributed by atoms with Crippen molar-refractivity contribution in [3.8, 4) is 33.2 Å². The fourth-order valence-corrected chi connectivity index (χ4v) is 6.69. The molecule has 1 fully saturated rings. The number of aliphatic hydroxyl groups excluding tert-OH is 2. The van der Waals surface area contributed by atoms with Crippen LogP contribution in [0.1, 0.15) is 12.1 Å². The molecule has 0 amide bonds. The van der Waals surface area contributed by atoms with Crippen molar-refractivity contribution in [2.24, 2.45) is 13.0 Å². The van der Waals surface area contributed by atoms with Crippen molar-refractivity contribution in [2.75, 3.05) is 24.6 Å². The van der Waals surface area contributed by atoms with E-state index in [-0.39, 0.29) is 19.1 Å². The highest BCUT2D eigenvalue weighted by atomic mass is 32.1. The summed E-state index contributed by atoms with van der Waals surface area (Å²) in [6.45, 7) is 1.60. The van der Waals surface area contributed by atoms with Crippen LogP contribution in [0.15, 0.2) is 48.1 Å². The van der Waals surface area contributed by atoms with E-state index < -0.39 is 0 Å². The fourth-order valence-electron chi connectivity index (χ4n) is 4.70. The van der Waals surface area contributed by atoms with Crippen LogP contribution in [0.3, 0.4) is 0 Å². The van der Waals surface area contributed by atoms with Crippen molar-refractivity contribution in [3.63, 3.8) is 0 Å². The van der Waals surface area contributed by atoms with Crippen LogP contribution in [0.25, 0.3) is 43.4 Å². The van der Waals surface area contributed by atoms with Crippen molar-refractivity contribution >= 4 is 38.9 Å². The van der Waals surface area contributed by atoms with E-state index in [2.05, 4.69) is 26.4 Å². The Kier molecular flexibility index (Phi) is 5.81. The summed E-state index contributed by atoms with van der Waals surface area (Å²) in [5.41, 5.74) is 3.71. The number of fused-ring (bicyclic) bond motifs is 1. The Morgan fingerprint density at radius 1 is 1.14 bits per heavy atom. The van der Waals surface area contributed by atoms with Crippen LogP contribution in [0.2, 0.25) is 0 Å². The lowest BCUT2D eigenvalue weighted by molar-refractivity contribution is 0.238. The Bertz CT molecular complexity index is 1490. The summed E-state index contributed by atoms with van der Waals surface area (Å²) in [6, 6.07) is 10.3. The van der Waals surface area contributed by atoms with Crippen molar-refractivity contribution in [2.45, 2.75) is 13.0 Å². The molecule has 1 unspecified atom stereocenters. The van der Waals surface area contributed by atoms with E-state index in [4.69, 9.17) is 9.97 Å². The molecule has 0 spiro atoms. The highest BCUT2D eigenvalue weighted by molar-refractivity contribution is 7.23. The summed E-state index contributed by atoms with van der Waals surface area (Å²) < 4.78 is 6.34. The maximum atomic E-state index is 9.97. The molecule has 0 saturated carbocycles. The molecular formula is C25H24N6O2S2. The van der Waals surface area contributed by atoms with E-state index in [0.29, 0.717) is 17.3 Å². The van der Waals surface area contributed by atoms with Gasteiger partial charge < -0.3 is 19.7 Å². The number of hydrogen-bond donors (Lipinski definition) is 2. The summed E-state index contributed by atoms with van der Waals surface area (Å²) >= 11 is 2.94. The smallest absolute Gasteiger partial charge is 0.199 e. The van der Waals surface area contributed by atoms with Gasteiger partial charge in [-0.15, -0.1) is 11.3 Å². The van der Waals surface area contributed by atoms with Gasteiger partial charge in [0.25, 0.3) is 0 Å². The molecule has 1 aliphatic heterocycles. The standard InChI is InChI=1S/C25H24N6O2S2/c1-30-10-8-26-24(30)22-27-23(31-9-7-15(11-31)12-32)20-19(16-5-3-2-4-6-16)21(35-25(20)28-22)17-14-34-29-18(17)13-33/h2-6,8,10,14-15,32-33H,7,9,11-13H2,1H3. The quantitative estimate of drug-likeness (QED) is 0.358. The van der Waals surface area contributed by atoms with Crippen LogP contribution in [0.4, 0.5) is 5.82 Å². The number of aliphatic hydroxyl groups is 2. The Morgan fingerprint density at radius 2 is 2.00 bits per heavy atom. The molecule has 0 bridgehead atoms. The zero-order valence-corrected chi connectivity index (χ0v) is 20.8.